The third-order valence-electron chi connectivity index (χ3n) is 3.18. The summed E-state index contributed by atoms with van der Waals surface area (Å²) in [6, 6.07) is 6.20. The Hall–Kier alpha value is -1.22. The number of aliphatic hydroxyl groups excluding tert-OH is 1. The quantitative estimate of drug-likeness (QED) is 0.823. The summed E-state index contributed by atoms with van der Waals surface area (Å²) < 4.78 is 5.30. The predicted molar refractivity (Wildman–Crippen MR) is 65.0 cm³/mol. The molecule has 0 radical (unpaired) electrons. The number of hydrogen-bond acceptors (Lipinski definition) is 3. The molecule has 1 aliphatic rings. The lowest BCUT2D eigenvalue weighted by atomic mass is 10.1. The number of nitrogens with one attached hydrogen (secondary N) is 1. The number of methoxy groups -OCH3 is 1. The van der Waals surface area contributed by atoms with E-state index in [1.54, 1.807) is 7.11 Å². The van der Waals surface area contributed by atoms with E-state index in [2.05, 4.69) is 18.3 Å². The summed E-state index contributed by atoms with van der Waals surface area (Å²) in [4.78, 5) is 0. The van der Waals surface area contributed by atoms with Crippen LogP contribution in [0.1, 0.15) is 24.8 Å². The maximum atomic E-state index is 9.78. The molecule has 1 aromatic carbocycles. The van der Waals surface area contributed by atoms with E-state index in [1.165, 1.54) is 5.56 Å². The lowest BCUT2D eigenvalue weighted by Gasteiger charge is -2.20. The van der Waals surface area contributed by atoms with Crippen LogP contribution >= 0.6 is 0 Å². The maximum absolute atomic E-state index is 9.78. The van der Waals surface area contributed by atoms with E-state index >= 15 is 0 Å². The van der Waals surface area contributed by atoms with Crippen LogP contribution < -0.4 is 10.1 Å². The second-order valence-corrected chi connectivity index (χ2v) is 4.45. The maximum Gasteiger partial charge on any atom is 0.141 e. The summed E-state index contributed by atoms with van der Waals surface area (Å²) in [5.74, 6) is 0.838. The van der Waals surface area contributed by atoms with Crippen LogP contribution in [0.3, 0.4) is 0 Å². The van der Waals surface area contributed by atoms with E-state index in [-0.39, 0.29) is 12.1 Å². The van der Waals surface area contributed by atoms with Gasteiger partial charge in [-0.1, -0.05) is 6.07 Å². The molecule has 1 fully saturated rings. The van der Waals surface area contributed by atoms with Gasteiger partial charge in [-0.25, -0.2) is 0 Å². The minimum atomic E-state index is -0.231. The van der Waals surface area contributed by atoms with Crippen molar-refractivity contribution in [1.82, 2.24) is 0 Å². The average molecular weight is 221 g/mol. The molecule has 2 N–H and O–H groups in total. The first-order chi connectivity index (χ1) is 7.70. The largest absolute Gasteiger partial charge is 0.495 e. The topological polar surface area (TPSA) is 41.5 Å². The van der Waals surface area contributed by atoms with Crippen molar-refractivity contribution in [3.8, 4) is 5.75 Å². The standard InChI is InChI=1S/C13H19NO2/c1-9-6-7-13(16-2)11(8-9)14-10-4-3-5-12(10)15/h6-8,10,12,14-15H,3-5H2,1-2H3/t10-,12-/m0/s1. The van der Waals surface area contributed by atoms with E-state index in [9.17, 15) is 5.11 Å². The monoisotopic (exact) mass is 221 g/mol. The Bertz CT molecular complexity index is 365. The number of aryl methyl sites for hydroxylation is 1. The van der Waals surface area contributed by atoms with Crippen molar-refractivity contribution >= 4 is 5.69 Å². The molecule has 1 aliphatic carbocycles. The van der Waals surface area contributed by atoms with Gasteiger partial charge in [-0.3, -0.25) is 0 Å². The summed E-state index contributed by atoms with van der Waals surface area (Å²) in [7, 11) is 1.67. The van der Waals surface area contributed by atoms with Crippen LogP contribution in [0, 0.1) is 6.92 Å². The van der Waals surface area contributed by atoms with E-state index in [1.807, 2.05) is 12.1 Å². The number of rotatable bonds is 3. The predicted octanol–water partition coefficient (Wildman–Crippen LogP) is 2.33. The molecular formula is C13H19NO2. The molecule has 0 bridgehead atoms. The minimum Gasteiger partial charge on any atom is -0.495 e. The van der Waals surface area contributed by atoms with Gasteiger partial charge in [-0.15, -0.1) is 0 Å². The first kappa shape index (κ1) is 11.3. The second-order valence-electron chi connectivity index (χ2n) is 4.45. The number of anilines is 1. The Balaban J connectivity index is 2.16. The third kappa shape index (κ3) is 2.30. The normalized spacial score (nSPS) is 24.4. The second kappa shape index (κ2) is 4.74. The molecule has 0 aromatic heterocycles. The van der Waals surface area contributed by atoms with Gasteiger partial charge in [0.25, 0.3) is 0 Å². The van der Waals surface area contributed by atoms with Crippen LogP contribution in [0.2, 0.25) is 0 Å². The highest BCUT2D eigenvalue weighted by Crippen LogP contribution is 2.29. The molecule has 2 rings (SSSR count). The van der Waals surface area contributed by atoms with Crippen LogP contribution in [0.15, 0.2) is 18.2 Å². The van der Waals surface area contributed by atoms with Crippen molar-refractivity contribution in [3.05, 3.63) is 23.8 Å². The van der Waals surface area contributed by atoms with Crippen molar-refractivity contribution < 1.29 is 9.84 Å². The fraction of sp³-hybridized carbons (Fsp3) is 0.538. The lowest BCUT2D eigenvalue weighted by molar-refractivity contribution is 0.171. The lowest BCUT2D eigenvalue weighted by Crippen LogP contribution is -2.28. The van der Waals surface area contributed by atoms with Gasteiger partial charge in [-0.2, -0.15) is 0 Å². The Kier molecular flexibility index (Phi) is 3.34. The number of ether oxygens (including phenoxy) is 1. The number of benzene rings is 1. The highest BCUT2D eigenvalue weighted by molar-refractivity contribution is 5.58. The molecule has 1 aromatic rings. The molecule has 0 heterocycles. The van der Waals surface area contributed by atoms with E-state index in [4.69, 9.17) is 4.74 Å². The summed E-state index contributed by atoms with van der Waals surface area (Å²) in [6.45, 7) is 2.05. The van der Waals surface area contributed by atoms with Crippen molar-refractivity contribution in [2.75, 3.05) is 12.4 Å². The molecule has 0 saturated heterocycles. The number of hydrogen-bond donors (Lipinski definition) is 2. The fourth-order valence-corrected chi connectivity index (χ4v) is 2.24. The van der Waals surface area contributed by atoms with Crippen LogP contribution in [-0.4, -0.2) is 24.4 Å². The molecule has 0 unspecified atom stereocenters. The molecule has 88 valence electrons. The van der Waals surface area contributed by atoms with Crippen LogP contribution in [-0.2, 0) is 0 Å². The van der Waals surface area contributed by atoms with Gasteiger partial charge in [0.05, 0.1) is 24.9 Å². The Morgan fingerprint density at radius 2 is 2.19 bits per heavy atom. The summed E-state index contributed by atoms with van der Waals surface area (Å²) in [5, 5.41) is 13.2. The zero-order valence-electron chi connectivity index (χ0n) is 9.86. The molecule has 3 heteroatoms. The molecule has 3 nitrogen and oxygen atoms in total. The van der Waals surface area contributed by atoms with E-state index in [0.717, 1.165) is 30.7 Å². The Labute approximate surface area is 96.4 Å². The summed E-state index contributed by atoms with van der Waals surface area (Å²) in [5.41, 5.74) is 2.17. The molecule has 1 saturated carbocycles. The highest BCUT2D eigenvalue weighted by atomic mass is 16.5. The van der Waals surface area contributed by atoms with E-state index in [0.29, 0.717) is 0 Å². The van der Waals surface area contributed by atoms with Crippen molar-refractivity contribution in [2.45, 2.75) is 38.3 Å². The zero-order chi connectivity index (χ0) is 11.5. The summed E-state index contributed by atoms with van der Waals surface area (Å²) >= 11 is 0. The Morgan fingerprint density at radius 1 is 1.38 bits per heavy atom. The number of aliphatic hydroxyl groups is 1. The van der Waals surface area contributed by atoms with Crippen LogP contribution in [0.4, 0.5) is 5.69 Å². The van der Waals surface area contributed by atoms with Crippen LogP contribution in [0.5, 0.6) is 5.75 Å². The minimum absolute atomic E-state index is 0.163. The van der Waals surface area contributed by atoms with Gasteiger partial charge >= 0.3 is 0 Å². The smallest absolute Gasteiger partial charge is 0.141 e. The highest BCUT2D eigenvalue weighted by Gasteiger charge is 2.25. The van der Waals surface area contributed by atoms with E-state index < -0.39 is 0 Å². The molecule has 16 heavy (non-hydrogen) atoms. The molecule has 0 amide bonds. The van der Waals surface area contributed by atoms with Gasteiger partial charge in [0.15, 0.2) is 0 Å². The zero-order valence-corrected chi connectivity index (χ0v) is 9.86. The Morgan fingerprint density at radius 3 is 2.81 bits per heavy atom. The molecule has 0 spiro atoms. The molecule has 0 aliphatic heterocycles. The third-order valence-corrected chi connectivity index (χ3v) is 3.18. The molecular weight excluding hydrogens is 202 g/mol. The van der Waals surface area contributed by atoms with Crippen molar-refractivity contribution in [2.24, 2.45) is 0 Å². The fourth-order valence-electron chi connectivity index (χ4n) is 2.24. The average Bonchev–Trinajstić information content (AvgIpc) is 2.65. The van der Waals surface area contributed by atoms with Crippen molar-refractivity contribution in [3.63, 3.8) is 0 Å². The molecule has 2 atom stereocenters. The van der Waals surface area contributed by atoms with Gasteiger partial charge in [0, 0.05) is 0 Å². The first-order valence-corrected chi connectivity index (χ1v) is 5.80. The van der Waals surface area contributed by atoms with Crippen molar-refractivity contribution in [1.29, 1.82) is 0 Å². The van der Waals surface area contributed by atoms with Gasteiger partial charge < -0.3 is 15.2 Å². The van der Waals surface area contributed by atoms with Gasteiger partial charge in [0.1, 0.15) is 5.75 Å². The van der Waals surface area contributed by atoms with Gasteiger partial charge in [-0.05, 0) is 43.9 Å². The van der Waals surface area contributed by atoms with Gasteiger partial charge in [0.2, 0.25) is 0 Å². The SMILES string of the molecule is COc1ccc(C)cc1N[C@H]1CCC[C@@H]1O. The first-order valence-electron chi connectivity index (χ1n) is 5.80. The summed E-state index contributed by atoms with van der Waals surface area (Å²) in [6.07, 6.45) is 2.78. The van der Waals surface area contributed by atoms with Crippen LogP contribution in [0.25, 0.3) is 0 Å².